The van der Waals surface area contributed by atoms with E-state index in [-0.39, 0.29) is 5.41 Å². The fraction of sp³-hybridized carbons (Fsp3) is 0.727. The van der Waals surface area contributed by atoms with Crippen molar-refractivity contribution in [1.29, 1.82) is 0 Å². The Hall–Kier alpha value is -0.790. The number of rotatable bonds is 3. The fourth-order valence-electron chi connectivity index (χ4n) is 1.47. The van der Waals surface area contributed by atoms with Gasteiger partial charge in [0.15, 0.2) is 0 Å². The molecule has 72 valence electrons. The van der Waals surface area contributed by atoms with Crippen LogP contribution < -0.4 is 0 Å². The van der Waals surface area contributed by atoms with Gasteiger partial charge in [0.1, 0.15) is 0 Å². The number of H-pyrrole nitrogens is 1. The lowest BCUT2D eigenvalue weighted by molar-refractivity contribution is 0.489. The van der Waals surface area contributed by atoms with Crippen LogP contribution in [-0.4, -0.2) is 10.2 Å². The summed E-state index contributed by atoms with van der Waals surface area (Å²) < 4.78 is 0. The van der Waals surface area contributed by atoms with Crippen molar-refractivity contribution >= 4 is 0 Å². The molecule has 2 heteroatoms. The molecule has 1 aliphatic rings. The summed E-state index contributed by atoms with van der Waals surface area (Å²) in [7, 11) is 0. The van der Waals surface area contributed by atoms with Gasteiger partial charge >= 0.3 is 0 Å². The molecule has 0 aliphatic heterocycles. The molecule has 0 amide bonds. The summed E-state index contributed by atoms with van der Waals surface area (Å²) in [5.74, 6) is 0.786. The molecule has 0 radical (unpaired) electrons. The predicted molar refractivity (Wildman–Crippen MR) is 53.9 cm³/mol. The molecule has 13 heavy (non-hydrogen) atoms. The Morgan fingerprint density at radius 1 is 1.54 bits per heavy atom. The molecule has 0 spiro atoms. The Balaban J connectivity index is 2.20. The van der Waals surface area contributed by atoms with Gasteiger partial charge in [-0.15, -0.1) is 0 Å². The minimum Gasteiger partial charge on any atom is -0.282 e. The monoisotopic (exact) mass is 178 g/mol. The minimum atomic E-state index is 0.226. The molecular formula is C11H18N2. The second-order valence-electron chi connectivity index (χ2n) is 4.72. The first-order chi connectivity index (χ1) is 6.13. The third-order valence-electron chi connectivity index (χ3n) is 3.19. The maximum Gasteiger partial charge on any atom is 0.0681 e. The zero-order valence-electron chi connectivity index (χ0n) is 8.72. The van der Waals surface area contributed by atoms with Crippen molar-refractivity contribution < 1.29 is 0 Å². The van der Waals surface area contributed by atoms with Crippen LogP contribution >= 0.6 is 0 Å². The molecule has 0 aromatic carbocycles. The van der Waals surface area contributed by atoms with Crippen molar-refractivity contribution in [2.75, 3.05) is 0 Å². The van der Waals surface area contributed by atoms with Crippen molar-refractivity contribution in [3.05, 3.63) is 17.5 Å². The highest BCUT2D eigenvalue weighted by atomic mass is 15.1. The standard InChI is InChI=1S/C11H18N2/c1-4-11(2,3)10-7-9(12-13-10)8-5-6-8/h7-8H,4-6H2,1-3H3,(H,12,13). The third-order valence-corrected chi connectivity index (χ3v) is 3.19. The SMILES string of the molecule is CCC(C)(C)c1cc(C2CC2)[nH]n1. The zero-order valence-corrected chi connectivity index (χ0v) is 8.72. The summed E-state index contributed by atoms with van der Waals surface area (Å²) in [6, 6.07) is 2.25. The van der Waals surface area contributed by atoms with Gasteiger partial charge < -0.3 is 0 Å². The Bertz CT molecular complexity index is 295. The molecule has 1 saturated carbocycles. The summed E-state index contributed by atoms with van der Waals surface area (Å²) in [4.78, 5) is 0. The predicted octanol–water partition coefficient (Wildman–Crippen LogP) is 2.97. The van der Waals surface area contributed by atoms with Gasteiger partial charge in [-0.2, -0.15) is 5.10 Å². The maximum atomic E-state index is 4.39. The van der Waals surface area contributed by atoms with Gasteiger partial charge in [0.2, 0.25) is 0 Å². The summed E-state index contributed by atoms with van der Waals surface area (Å²) in [6.45, 7) is 6.71. The summed E-state index contributed by atoms with van der Waals surface area (Å²) in [5.41, 5.74) is 2.79. The van der Waals surface area contributed by atoms with Gasteiger partial charge in [-0.05, 0) is 25.3 Å². The van der Waals surface area contributed by atoms with Crippen LogP contribution in [0, 0.1) is 0 Å². The van der Waals surface area contributed by atoms with E-state index >= 15 is 0 Å². The van der Waals surface area contributed by atoms with Crippen molar-refractivity contribution in [2.24, 2.45) is 0 Å². The topological polar surface area (TPSA) is 28.7 Å². The number of aromatic nitrogens is 2. The molecule has 0 bridgehead atoms. The van der Waals surface area contributed by atoms with Gasteiger partial charge in [-0.3, -0.25) is 5.10 Å². The Morgan fingerprint density at radius 2 is 2.23 bits per heavy atom. The molecule has 2 rings (SSSR count). The summed E-state index contributed by atoms with van der Waals surface area (Å²) in [6.07, 6.45) is 3.82. The Kier molecular flexibility index (Phi) is 1.94. The van der Waals surface area contributed by atoms with Crippen LogP contribution in [0.15, 0.2) is 6.07 Å². The highest BCUT2D eigenvalue weighted by Gasteiger charge is 2.28. The first-order valence-corrected chi connectivity index (χ1v) is 5.19. The van der Waals surface area contributed by atoms with E-state index in [2.05, 4.69) is 37.0 Å². The van der Waals surface area contributed by atoms with Crippen molar-refractivity contribution in [3.8, 4) is 0 Å². The zero-order chi connectivity index (χ0) is 9.47. The van der Waals surface area contributed by atoms with Gasteiger partial charge in [0.25, 0.3) is 0 Å². The Labute approximate surface area is 79.7 Å². The van der Waals surface area contributed by atoms with E-state index in [1.54, 1.807) is 0 Å². The van der Waals surface area contributed by atoms with Crippen molar-refractivity contribution in [2.45, 2.75) is 51.4 Å². The average Bonchev–Trinajstić information content (AvgIpc) is 2.83. The number of nitrogens with one attached hydrogen (secondary N) is 1. The van der Waals surface area contributed by atoms with E-state index in [4.69, 9.17) is 0 Å². The van der Waals surface area contributed by atoms with E-state index in [9.17, 15) is 0 Å². The number of aromatic amines is 1. The molecule has 1 heterocycles. The van der Waals surface area contributed by atoms with Crippen LogP contribution in [-0.2, 0) is 5.41 Å². The molecule has 1 N–H and O–H groups in total. The first-order valence-electron chi connectivity index (χ1n) is 5.19. The van der Waals surface area contributed by atoms with Crippen molar-refractivity contribution in [1.82, 2.24) is 10.2 Å². The molecule has 2 nitrogen and oxygen atoms in total. The van der Waals surface area contributed by atoms with Gasteiger partial charge in [0, 0.05) is 17.0 Å². The molecular weight excluding hydrogens is 160 g/mol. The molecule has 0 saturated heterocycles. The van der Waals surface area contributed by atoms with Crippen LogP contribution in [0.3, 0.4) is 0 Å². The average molecular weight is 178 g/mol. The molecule has 0 atom stereocenters. The third kappa shape index (κ3) is 1.62. The van der Waals surface area contributed by atoms with Crippen LogP contribution in [0.25, 0.3) is 0 Å². The largest absolute Gasteiger partial charge is 0.282 e. The lowest BCUT2D eigenvalue weighted by Gasteiger charge is -2.18. The molecule has 0 unspecified atom stereocenters. The quantitative estimate of drug-likeness (QED) is 0.757. The lowest BCUT2D eigenvalue weighted by atomic mass is 9.86. The van der Waals surface area contributed by atoms with Crippen LogP contribution in [0.2, 0.25) is 0 Å². The lowest BCUT2D eigenvalue weighted by Crippen LogP contribution is -2.15. The summed E-state index contributed by atoms with van der Waals surface area (Å²) >= 11 is 0. The van der Waals surface area contributed by atoms with E-state index in [1.165, 1.54) is 24.2 Å². The second-order valence-corrected chi connectivity index (χ2v) is 4.72. The van der Waals surface area contributed by atoms with E-state index < -0.39 is 0 Å². The molecule has 1 aromatic rings. The highest BCUT2D eigenvalue weighted by molar-refractivity contribution is 5.22. The second kappa shape index (κ2) is 2.86. The minimum absolute atomic E-state index is 0.226. The fourth-order valence-corrected chi connectivity index (χ4v) is 1.47. The van der Waals surface area contributed by atoms with Crippen LogP contribution in [0.5, 0.6) is 0 Å². The first kappa shape index (κ1) is 8.79. The summed E-state index contributed by atoms with van der Waals surface area (Å²) in [5, 5.41) is 7.55. The van der Waals surface area contributed by atoms with E-state index in [0.29, 0.717) is 0 Å². The number of nitrogens with zero attached hydrogens (tertiary/aromatic N) is 1. The Morgan fingerprint density at radius 3 is 2.77 bits per heavy atom. The van der Waals surface area contributed by atoms with E-state index in [1.807, 2.05) is 0 Å². The number of hydrogen-bond acceptors (Lipinski definition) is 1. The molecule has 1 aliphatic carbocycles. The molecule has 1 aromatic heterocycles. The highest BCUT2D eigenvalue weighted by Crippen LogP contribution is 2.40. The van der Waals surface area contributed by atoms with Gasteiger partial charge in [-0.25, -0.2) is 0 Å². The van der Waals surface area contributed by atoms with Crippen LogP contribution in [0.1, 0.15) is 57.3 Å². The normalized spacial score (nSPS) is 17.8. The van der Waals surface area contributed by atoms with Crippen LogP contribution in [0.4, 0.5) is 0 Å². The van der Waals surface area contributed by atoms with E-state index in [0.717, 1.165) is 12.3 Å². The van der Waals surface area contributed by atoms with Crippen molar-refractivity contribution in [3.63, 3.8) is 0 Å². The number of hydrogen-bond donors (Lipinski definition) is 1. The van der Waals surface area contributed by atoms with Gasteiger partial charge in [0.05, 0.1) is 5.69 Å². The smallest absolute Gasteiger partial charge is 0.0681 e. The maximum absolute atomic E-state index is 4.39. The van der Waals surface area contributed by atoms with Gasteiger partial charge in [-0.1, -0.05) is 20.8 Å². The molecule has 1 fully saturated rings.